The van der Waals surface area contributed by atoms with Crippen LogP contribution in [0.25, 0.3) is 0 Å². The zero-order chi connectivity index (χ0) is 21.2. The van der Waals surface area contributed by atoms with Crippen LogP contribution in [0.2, 0.25) is 0 Å². The topological polar surface area (TPSA) is 91.9 Å². The van der Waals surface area contributed by atoms with E-state index in [1.165, 1.54) is 5.01 Å². The number of fused-ring (bicyclic) bond motifs is 5. The number of benzene rings is 3. The summed E-state index contributed by atoms with van der Waals surface area (Å²) in [5.74, 6) is 7.52. The van der Waals surface area contributed by atoms with Crippen LogP contribution in [0.15, 0.2) is 66.7 Å². The molecule has 0 aliphatic carbocycles. The molecule has 7 heteroatoms. The van der Waals surface area contributed by atoms with Gasteiger partial charge >= 0.3 is 0 Å². The Balaban J connectivity index is 1.58. The molecule has 3 aromatic rings. The number of amides is 1. The number of hydrogen-bond acceptors (Lipinski definition) is 5. The number of carbonyl (C=O) groups excluding carboxylic acids is 1. The second-order valence-corrected chi connectivity index (χ2v) is 8.02. The van der Waals surface area contributed by atoms with Crippen molar-refractivity contribution in [2.24, 2.45) is 5.84 Å². The first-order chi connectivity index (χ1) is 15.1. The van der Waals surface area contributed by atoms with Crippen molar-refractivity contribution in [3.8, 4) is 11.5 Å². The van der Waals surface area contributed by atoms with Crippen LogP contribution in [0.3, 0.4) is 0 Å². The second-order valence-electron chi connectivity index (χ2n) is 8.02. The second kappa shape index (κ2) is 6.33. The number of amidine groups is 1. The highest BCUT2D eigenvalue weighted by molar-refractivity contribution is 6.16. The van der Waals surface area contributed by atoms with Crippen LogP contribution >= 0.6 is 0 Å². The van der Waals surface area contributed by atoms with Crippen molar-refractivity contribution in [1.82, 2.24) is 0 Å². The molecule has 0 bridgehead atoms. The summed E-state index contributed by atoms with van der Waals surface area (Å²) in [6, 6.07) is 21.4. The van der Waals surface area contributed by atoms with Crippen LogP contribution in [-0.4, -0.2) is 18.5 Å². The van der Waals surface area contributed by atoms with Gasteiger partial charge in [0.15, 0.2) is 11.5 Å². The molecule has 1 unspecified atom stereocenters. The number of rotatable bonds is 2. The van der Waals surface area contributed by atoms with Gasteiger partial charge in [0.2, 0.25) is 12.7 Å². The van der Waals surface area contributed by atoms with Crippen molar-refractivity contribution in [3.05, 3.63) is 83.4 Å². The Labute approximate surface area is 179 Å². The average molecular weight is 412 g/mol. The van der Waals surface area contributed by atoms with Crippen molar-refractivity contribution >= 4 is 23.1 Å². The van der Waals surface area contributed by atoms with Crippen LogP contribution in [-0.2, 0) is 16.8 Å². The highest BCUT2D eigenvalue weighted by Gasteiger charge is 2.56. The normalized spacial score (nSPS) is 20.9. The number of ether oxygens (including phenoxy) is 2. The first-order valence-electron chi connectivity index (χ1n) is 10.1. The summed E-state index contributed by atoms with van der Waals surface area (Å²) in [6.45, 7) is 0.579. The van der Waals surface area contributed by atoms with Gasteiger partial charge in [0, 0.05) is 23.7 Å². The number of nitrogens with two attached hydrogens (primary N) is 1. The third kappa shape index (κ3) is 2.38. The van der Waals surface area contributed by atoms with Gasteiger partial charge in [-0.3, -0.25) is 15.2 Å². The number of hydrazine groups is 1. The number of hydrogen-bond donors (Lipinski definition) is 2. The minimum atomic E-state index is -1.03. The summed E-state index contributed by atoms with van der Waals surface area (Å²) in [7, 11) is 0. The van der Waals surface area contributed by atoms with Gasteiger partial charge in [0.05, 0.1) is 12.2 Å². The molecule has 3 N–H and O–H groups in total. The standard InChI is InChI=1S/C24H20N4O3/c25-22-12-24(17-10-20-21(31-14-30-20)11-19(17)28(22)26)16-8-4-5-9-18(16)27(23(24)29)13-15-6-2-1-3-7-15/h1-11,25H,12-14,26H2. The molecule has 3 aliphatic rings. The molecule has 0 saturated carbocycles. The highest BCUT2D eigenvalue weighted by atomic mass is 16.7. The Morgan fingerprint density at radius 1 is 0.935 bits per heavy atom. The summed E-state index contributed by atoms with van der Waals surface area (Å²) in [5.41, 5.74) is 3.08. The van der Waals surface area contributed by atoms with Crippen LogP contribution in [0.5, 0.6) is 11.5 Å². The molecule has 7 nitrogen and oxygen atoms in total. The van der Waals surface area contributed by atoms with Gasteiger partial charge in [0.25, 0.3) is 0 Å². The number of nitrogens with zero attached hydrogens (tertiary/aromatic N) is 2. The Morgan fingerprint density at radius 3 is 2.45 bits per heavy atom. The van der Waals surface area contributed by atoms with Gasteiger partial charge in [-0.05, 0) is 23.3 Å². The maximum Gasteiger partial charge on any atom is 0.243 e. The van der Waals surface area contributed by atoms with E-state index in [0.717, 1.165) is 22.4 Å². The van der Waals surface area contributed by atoms with Gasteiger partial charge in [-0.1, -0.05) is 48.5 Å². The average Bonchev–Trinajstić information content (AvgIpc) is 3.35. The quantitative estimate of drug-likeness (QED) is 0.630. The van der Waals surface area contributed by atoms with E-state index in [2.05, 4.69) is 0 Å². The predicted molar refractivity (Wildman–Crippen MR) is 116 cm³/mol. The van der Waals surface area contributed by atoms with E-state index in [9.17, 15) is 4.79 Å². The maximum atomic E-state index is 14.2. The van der Waals surface area contributed by atoms with Crippen molar-refractivity contribution in [2.75, 3.05) is 16.7 Å². The van der Waals surface area contributed by atoms with E-state index >= 15 is 0 Å². The molecule has 3 aromatic carbocycles. The molecule has 3 heterocycles. The lowest BCUT2D eigenvalue weighted by molar-refractivity contribution is -0.121. The molecule has 1 amide bonds. The monoisotopic (exact) mass is 412 g/mol. The van der Waals surface area contributed by atoms with Crippen LogP contribution < -0.4 is 25.2 Å². The molecule has 0 radical (unpaired) electrons. The molecule has 6 rings (SSSR count). The number of para-hydroxylation sites is 1. The molecule has 1 atom stereocenters. The SMILES string of the molecule is N=C1CC2(C(=O)N(Cc3ccccc3)c3ccccc32)c2cc3c(cc2N1N)OCO3. The van der Waals surface area contributed by atoms with E-state index in [1.807, 2.05) is 65.6 Å². The first-order valence-corrected chi connectivity index (χ1v) is 10.1. The fraction of sp³-hybridized carbons (Fsp3) is 0.167. The minimum Gasteiger partial charge on any atom is -0.454 e. The minimum absolute atomic E-state index is 0.0597. The molecule has 154 valence electrons. The van der Waals surface area contributed by atoms with E-state index in [-0.39, 0.29) is 25.0 Å². The third-order valence-electron chi connectivity index (χ3n) is 6.38. The van der Waals surface area contributed by atoms with Crippen molar-refractivity contribution < 1.29 is 14.3 Å². The van der Waals surface area contributed by atoms with Crippen LogP contribution in [0.1, 0.15) is 23.1 Å². The Hall–Kier alpha value is -3.84. The highest BCUT2D eigenvalue weighted by Crippen LogP contribution is 2.55. The number of nitrogens with one attached hydrogen (secondary N) is 1. The van der Waals surface area contributed by atoms with E-state index in [1.54, 1.807) is 6.07 Å². The van der Waals surface area contributed by atoms with Gasteiger partial charge in [-0.25, -0.2) is 5.84 Å². The van der Waals surface area contributed by atoms with E-state index in [4.69, 9.17) is 20.7 Å². The fourth-order valence-electron chi connectivity index (χ4n) is 4.93. The molecule has 31 heavy (non-hydrogen) atoms. The van der Waals surface area contributed by atoms with Crippen molar-refractivity contribution in [1.29, 1.82) is 5.41 Å². The summed E-state index contributed by atoms with van der Waals surface area (Å²) in [5, 5.41) is 9.92. The lowest BCUT2D eigenvalue weighted by Crippen LogP contribution is -2.52. The molecular formula is C24H20N4O3. The Kier molecular flexibility index (Phi) is 3.67. The fourth-order valence-corrected chi connectivity index (χ4v) is 4.93. The largest absolute Gasteiger partial charge is 0.454 e. The van der Waals surface area contributed by atoms with E-state index in [0.29, 0.717) is 23.7 Å². The lowest BCUT2D eigenvalue weighted by atomic mass is 9.69. The Bertz CT molecular complexity index is 1240. The van der Waals surface area contributed by atoms with Gasteiger partial charge in [-0.2, -0.15) is 0 Å². The molecule has 0 aromatic heterocycles. The zero-order valence-electron chi connectivity index (χ0n) is 16.7. The molecule has 1 spiro atoms. The molecular weight excluding hydrogens is 392 g/mol. The molecule has 3 aliphatic heterocycles. The first kappa shape index (κ1) is 18.0. The smallest absolute Gasteiger partial charge is 0.243 e. The number of carbonyl (C=O) groups is 1. The zero-order valence-corrected chi connectivity index (χ0v) is 16.7. The van der Waals surface area contributed by atoms with Crippen molar-refractivity contribution in [2.45, 2.75) is 18.4 Å². The number of anilines is 2. The van der Waals surface area contributed by atoms with Gasteiger partial charge in [0.1, 0.15) is 11.3 Å². The summed E-state index contributed by atoms with van der Waals surface area (Å²) in [6.07, 6.45) is 0.178. The van der Waals surface area contributed by atoms with Crippen LogP contribution in [0, 0.1) is 5.41 Å². The summed E-state index contributed by atoms with van der Waals surface area (Å²) >= 11 is 0. The van der Waals surface area contributed by atoms with Gasteiger partial charge < -0.3 is 14.4 Å². The van der Waals surface area contributed by atoms with Crippen molar-refractivity contribution in [3.63, 3.8) is 0 Å². The lowest BCUT2D eigenvalue weighted by Gasteiger charge is -2.39. The summed E-state index contributed by atoms with van der Waals surface area (Å²) < 4.78 is 11.1. The predicted octanol–water partition coefficient (Wildman–Crippen LogP) is 3.31. The summed E-state index contributed by atoms with van der Waals surface area (Å²) in [4.78, 5) is 16.0. The van der Waals surface area contributed by atoms with Gasteiger partial charge in [-0.15, -0.1) is 0 Å². The Morgan fingerprint density at radius 2 is 1.65 bits per heavy atom. The third-order valence-corrected chi connectivity index (χ3v) is 6.38. The van der Waals surface area contributed by atoms with Crippen LogP contribution in [0.4, 0.5) is 11.4 Å². The van der Waals surface area contributed by atoms with E-state index < -0.39 is 5.41 Å². The maximum absolute atomic E-state index is 14.2. The molecule has 0 fully saturated rings. The molecule has 0 saturated heterocycles.